The molecule has 0 radical (unpaired) electrons. The van der Waals surface area contributed by atoms with Crippen LogP contribution in [0.2, 0.25) is 0 Å². The molecule has 0 saturated carbocycles. The second-order valence-corrected chi connectivity index (χ2v) is 3.86. The van der Waals surface area contributed by atoms with Crippen LogP contribution in [0.1, 0.15) is 13.3 Å². The molecule has 0 fully saturated rings. The molecule has 0 saturated heterocycles. The number of benzene rings is 1. The van der Waals surface area contributed by atoms with E-state index in [4.69, 9.17) is 0 Å². The van der Waals surface area contributed by atoms with Crippen molar-refractivity contribution in [2.24, 2.45) is 0 Å². The lowest BCUT2D eigenvalue weighted by Crippen LogP contribution is -2.04. The molecule has 0 unspecified atom stereocenters. The molecule has 8 heteroatoms. The van der Waals surface area contributed by atoms with Gasteiger partial charge in [0.25, 0.3) is 0 Å². The summed E-state index contributed by atoms with van der Waals surface area (Å²) in [7, 11) is 0. The molecule has 0 bridgehead atoms. The third-order valence-corrected chi connectivity index (χ3v) is 2.57. The van der Waals surface area contributed by atoms with Crippen LogP contribution < -0.4 is 0 Å². The molecule has 19 heavy (non-hydrogen) atoms. The Hall–Kier alpha value is -2.38. The fourth-order valence-electron chi connectivity index (χ4n) is 1.74. The minimum absolute atomic E-state index is 0.0550. The SMILES string of the molecule is CCCn1cnnc1-c1c(F)ccc([N+](=O)[O-])c1F. The van der Waals surface area contributed by atoms with E-state index in [1.807, 2.05) is 6.92 Å². The summed E-state index contributed by atoms with van der Waals surface area (Å²) in [5, 5.41) is 17.9. The van der Waals surface area contributed by atoms with Crippen molar-refractivity contribution in [1.29, 1.82) is 0 Å². The van der Waals surface area contributed by atoms with Gasteiger partial charge in [0.2, 0.25) is 5.82 Å². The highest BCUT2D eigenvalue weighted by molar-refractivity contribution is 5.61. The first-order chi connectivity index (χ1) is 9.06. The molecule has 1 aromatic heterocycles. The Balaban J connectivity index is 2.64. The van der Waals surface area contributed by atoms with E-state index in [2.05, 4.69) is 10.2 Å². The molecule has 0 aliphatic rings. The average molecular weight is 268 g/mol. The Morgan fingerprint density at radius 2 is 2.16 bits per heavy atom. The molecule has 0 amide bonds. The number of nitrogens with zero attached hydrogens (tertiary/aromatic N) is 4. The van der Waals surface area contributed by atoms with Crippen molar-refractivity contribution in [3.63, 3.8) is 0 Å². The molecule has 0 aliphatic carbocycles. The summed E-state index contributed by atoms with van der Waals surface area (Å²) >= 11 is 0. The standard InChI is InChI=1S/C11H10F2N4O2/c1-2-5-16-6-14-15-11(16)9-7(12)3-4-8(10(9)13)17(18)19/h3-4,6H,2,5H2,1H3. The lowest BCUT2D eigenvalue weighted by atomic mass is 10.1. The van der Waals surface area contributed by atoms with E-state index in [1.54, 1.807) is 0 Å². The van der Waals surface area contributed by atoms with E-state index >= 15 is 0 Å². The van der Waals surface area contributed by atoms with Crippen LogP contribution in [0.25, 0.3) is 11.4 Å². The van der Waals surface area contributed by atoms with Crippen molar-refractivity contribution in [3.8, 4) is 11.4 Å². The number of hydrogen-bond acceptors (Lipinski definition) is 4. The van der Waals surface area contributed by atoms with Gasteiger partial charge in [-0.2, -0.15) is 4.39 Å². The smallest absolute Gasteiger partial charge is 0.305 e. The van der Waals surface area contributed by atoms with Gasteiger partial charge >= 0.3 is 5.69 Å². The van der Waals surface area contributed by atoms with Gasteiger partial charge in [-0.3, -0.25) is 10.1 Å². The van der Waals surface area contributed by atoms with Gasteiger partial charge in [0, 0.05) is 12.6 Å². The van der Waals surface area contributed by atoms with E-state index in [0.717, 1.165) is 12.1 Å². The quantitative estimate of drug-likeness (QED) is 0.630. The van der Waals surface area contributed by atoms with Gasteiger partial charge in [-0.25, -0.2) is 4.39 Å². The molecule has 0 N–H and O–H groups in total. The van der Waals surface area contributed by atoms with Crippen molar-refractivity contribution in [2.75, 3.05) is 0 Å². The topological polar surface area (TPSA) is 73.8 Å². The maximum Gasteiger partial charge on any atom is 0.305 e. The summed E-state index contributed by atoms with van der Waals surface area (Å²) in [6.07, 6.45) is 2.04. The Kier molecular flexibility index (Phi) is 3.50. The predicted octanol–water partition coefficient (Wildman–Crippen LogP) is 2.54. The molecule has 0 aliphatic heterocycles. The highest BCUT2D eigenvalue weighted by Gasteiger charge is 2.25. The zero-order valence-electron chi connectivity index (χ0n) is 10.0. The van der Waals surface area contributed by atoms with Gasteiger partial charge in [0.15, 0.2) is 5.82 Å². The molecule has 2 aromatic rings. The van der Waals surface area contributed by atoms with Crippen LogP contribution in [0.15, 0.2) is 18.5 Å². The molecule has 6 nitrogen and oxygen atoms in total. The lowest BCUT2D eigenvalue weighted by molar-refractivity contribution is -0.387. The van der Waals surface area contributed by atoms with Crippen molar-refractivity contribution in [3.05, 3.63) is 40.2 Å². The van der Waals surface area contributed by atoms with Crippen LogP contribution in [0.3, 0.4) is 0 Å². The summed E-state index contributed by atoms with van der Waals surface area (Å²) in [5.41, 5.74) is -1.32. The summed E-state index contributed by atoms with van der Waals surface area (Å²) in [4.78, 5) is 9.76. The molecule has 1 heterocycles. The van der Waals surface area contributed by atoms with Gasteiger partial charge in [-0.15, -0.1) is 10.2 Å². The lowest BCUT2D eigenvalue weighted by Gasteiger charge is -2.07. The number of aromatic nitrogens is 3. The van der Waals surface area contributed by atoms with Crippen molar-refractivity contribution in [1.82, 2.24) is 14.8 Å². The predicted molar refractivity (Wildman–Crippen MR) is 62.3 cm³/mol. The number of rotatable bonds is 4. The monoisotopic (exact) mass is 268 g/mol. The van der Waals surface area contributed by atoms with Crippen LogP contribution in [0, 0.1) is 21.7 Å². The normalized spacial score (nSPS) is 10.7. The molecule has 2 rings (SSSR count). The van der Waals surface area contributed by atoms with Gasteiger partial charge < -0.3 is 4.57 Å². The van der Waals surface area contributed by atoms with E-state index in [1.165, 1.54) is 10.9 Å². The first kappa shape index (κ1) is 13.1. The number of nitro benzene ring substituents is 1. The Morgan fingerprint density at radius 1 is 1.42 bits per heavy atom. The summed E-state index contributed by atoms with van der Waals surface area (Å²) in [6, 6.07) is 1.64. The molecule has 0 atom stereocenters. The van der Waals surface area contributed by atoms with Gasteiger partial charge in [0.05, 0.1) is 10.5 Å². The fourth-order valence-corrected chi connectivity index (χ4v) is 1.74. The molecular weight excluding hydrogens is 258 g/mol. The van der Waals surface area contributed by atoms with E-state index in [0.29, 0.717) is 13.0 Å². The Bertz CT molecular complexity index is 627. The third-order valence-electron chi connectivity index (χ3n) is 2.57. The summed E-state index contributed by atoms with van der Waals surface area (Å²) in [6.45, 7) is 2.34. The van der Waals surface area contributed by atoms with Crippen LogP contribution >= 0.6 is 0 Å². The van der Waals surface area contributed by atoms with Crippen LogP contribution in [0.4, 0.5) is 14.5 Å². The zero-order chi connectivity index (χ0) is 14.0. The van der Waals surface area contributed by atoms with Gasteiger partial charge in [-0.05, 0) is 12.5 Å². The van der Waals surface area contributed by atoms with E-state index in [-0.39, 0.29) is 5.82 Å². The second kappa shape index (κ2) is 5.09. The Morgan fingerprint density at radius 3 is 2.79 bits per heavy atom. The maximum atomic E-state index is 14.0. The van der Waals surface area contributed by atoms with Gasteiger partial charge in [0.1, 0.15) is 12.1 Å². The highest BCUT2D eigenvalue weighted by atomic mass is 19.1. The second-order valence-electron chi connectivity index (χ2n) is 3.86. The molecule has 0 spiro atoms. The number of nitro groups is 1. The average Bonchev–Trinajstić information content (AvgIpc) is 2.77. The van der Waals surface area contributed by atoms with Crippen LogP contribution in [-0.2, 0) is 6.54 Å². The third kappa shape index (κ3) is 2.28. The van der Waals surface area contributed by atoms with Crippen LogP contribution in [0.5, 0.6) is 0 Å². The number of halogens is 2. The largest absolute Gasteiger partial charge is 0.313 e. The summed E-state index contributed by atoms with van der Waals surface area (Å²) in [5.74, 6) is -2.20. The van der Waals surface area contributed by atoms with E-state index in [9.17, 15) is 18.9 Å². The number of aryl methyl sites for hydroxylation is 1. The Labute approximate surface area is 106 Å². The minimum Gasteiger partial charge on any atom is -0.313 e. The van der Waals surface area contributed by atoms with Gasteiger partial charge in [-0.1, -0.05) is 6.92 Å². The van der Waals surface area contributed by atoms with Crippen molar-refractivity contribution in [2.45, 2.75) is 19.9 Å². The highest BCUT2D eigenvalue weighted by Crippen LogP contribution is 2.30. The fraction of sp³-hybridized carbons (Fsp3) is 0.273. The first-order valence-electron chi connectivity index (χ1n) is 5.56. The van der Waals surface area contributed by atoms with Crippen LogP contribution in [-0.4, -0.2) is 19.7 Å². The summed E-state index contributed by atoms with van der Waals surface area (Å²) < 4.78 is 29.2. The molecule has 1 aromatic carbocycles. The minimum atomic E-state index is -1.24. The number of hydrogen-bond donors (Lipinski definition) is 0. The first-order valence-corrected chi connectivity index (χ1v) is 5.56. The van der Waals surface area contributed by atoms with E-state index < -0.39 is 27.8 Å². The van der Waals surface area contributed by atoms with Crippen molar-refractivity contribution < 1.29 is 13.7 Å². The molecule has 100 valence electrons. The zero-order valence-corrected chi connectivity index (χ0v) is 10.0. The molecular formula is C11H10F2N4O2. The maximum absolute atomic E-state index is 14.0. The van der Waals surface area contributed by atoms with Crippen molar-refractivity contribution >= 4 is 5.69 Å².